The van der Waals surface area contributed by atoms with Crippen molar-refractivity contribution >= 4 is 33.0 Å². The number of esters is 2. The molecule has 2 unspecified atom stereocenters. The second kappa shape index (κ2) is 13.8. The summed E-state index contributed by atoms with van der Waals surface area (Å²) >= 11 is 0. The summed E-state index contributed by atoms with van der Waals surface area (Å²) in [6, 6.07) is 32.2. The van der Waals surface area contributed by atoms with Crippen molar-refractivity contribution in [2.75, 3.05) is 6.61 Å². The highest BCUT2D eigenvalue weighted by Gasteiger charge is 2.64. The predicted octanol–water partition coefficient (Wildman–Crippen LogP) is 7.38. The highest BCUT2D eigenvalue weighted by Crippen LogP contribution is 2.63. The molecule has 3 aromatic rings. The van der Waals surface area contributed by atoms with Gasteiger partial charge in [0.15, 0.2) is 24.8 Å². The van der Waals surface area contributed by atoms with Crippen LogP contribution in [0.3, 0.4) is 0 Å². The molecule has 3 aromatic carbocycles. The predicted molar refractivity (Wildman–Crippen MR) is 168 cm³/mol. The molecule has 0 saturated heterocycles. The Kier molecular flexibility index (Phi) is 10.3. The van der Waals surface area contributed by atoms with Gasteiger partial charge >= 0.3 is 23.1 Å². The monoisotopic (exact) mass is 708 g/mol. The number of rotatable bonds is 10. The number of alkyl halides is 4. The van der Waals surface area contributed by atoms with Crippen molar-refractivity contribution in [2.45, 2.75) is 83.3 Å². The fourth-order valence-corrected chi connectivity index (χ4v) is 10.2. The number of carbonyl (C=O) groups is 2. The molecular formula is C35H36F4O7S2. The van der Waals surface area contributed by atoms with E-state index in [0.29, 0.717) is 25.7 Å². The van der Waals surface area contributed by atoms with Gasteiger partial charge in [0.1, 0.15) is 5.60 Å². The standard InChI is InChI=1S/C18H15S.C17H22F4O7S/c1-4-10-16(11-5-1)19(17-12-6-2-7-13-17)18-14-8-3-9-15-18;1-10(22)28-15-7-11-4-12(8-15)6-14(5-11,9-15)13(23)27-3-2-16(18,19)17(20,21)29(24,25)26/h1-15H;11-12H,2-9H2,1H3,(H,24,25,26)/q+1;/p-1. The second-order valence-electron chi connectivity index (χ2n) is 12.8. The fourth-order valence-electron chi connectivity index (χ4n) is 7.67. The van der Waals surface area contributed by atoms with Crippen LogP contribution >= 0.6 is 0 Å². The Morgan fingerprint density at radius 2 is 1.25 bits per heavy atom. The molecule has 0 radical (unpaired) electrons. The van der Waals surface area contributed by atoms with Crippen LogP contribution in [0, 0.1) is 17.3 Å². The third-order valence-electron chi connectivity index (χ3n) is 9.13. The zero-order chi connectivity index (χ0) is 34.8. The second-order valence-corrected chi connectivity index (χ2v) is 16.3. The molecule has 0 heterocycles. The van der Waals surface area contributed by atoms with Crippen LogP contribution in [0.25, 0.3) is 0 Å². The van der Waals surface area contributed by atoms with Gasteiger partial charge < -0.3 is 14.0 Å². The van der Waals surface area contributed by atoms with Gasteiger partial charge in [-0.3, -0.25) is 9.59 Å². The van der Waals surface area contributed by atoms with E-state index in [1.165, 1.54) is 21.6 Å². The summed E-state index contributed by atoms with van der Waals surface area (Å²) in [6.07, 6.45) is 1.26. The highest BCUT2D eigenvalue weighted by atomic mass is 32.2. The van der Waals surface area contributed by atoms with E-state index in [4.69, 9.17) is 9.47 Å². The summed E-state index contributed by atoms with van der Waals surface area (Å²) in [4.78, 5) is 28.3. The summed E-state index contributed by atoms with van der Waals surface area (Å²) in [6.45, 7) is 0.0878. The van der Waals surface area contributed by atoms with Gasteiger partial charge in [-0.25, -0.2) is 8.42 Å². The smallest absolute Gasteiger partial charge is 0.396 e. The molecule has 258 valence electrons. The first-order valence-corrected chi connectivity index (χ1v) is 18.2. The lowest BCUT2D eigenvalue weighted by Gasteiger charge is -2.59. The number of carbonyl (C=O) groups excluding carboxylic acids is 2. The van der Waals surface area contributed by atoms with Crippen LogP contribution in [0.5, 0.6) is 0 Å². The topological polar surface area (TPSA) is 110 Å². The lowest BCUT2D eigenvalue weighted by atomic mass is 9.48. The Bertz CT molecular complexity index is 1580. The first-order valence-electron chi connectivity index (χ1n) is 15.5. The van der Waals surface area contributed by atoms with Crippen LogP contribution in [0.4, 0.5) is 17.6 Å². The molecule has 0 aromatic heterocycles. The average molecular weight is 709 g/mol. The maximum absolute atomic E-state index is 13.5. The third kappa shape index (κ3) is 7.58. The van der Waals surface area contributed by atoms with Gasteiger partial charge in [-0.05, 0) is 80.3 Å². The Labute approximate surface area is 280 Å². The van der Waals surface area contributed by atoms with E-state index in [1.807, 2.05) is 0 Å². The maximum atomic E-state index is 13.5. The van der Waals surface area contributed by atoms with Gasteiger partial charge in [-0.1, -0.05) is 54.6 Å². The van der Waals surface area contributed by atoms with E-state index in [2.05, 4.69) is 91.0 Å². The van der Waals surface area contributed by atoms with Crippen LogP contribution in [0.15, 0.2) is 106 Å². The Morgan fingerprint density at radius 1 is 0.812 bits per heavy atom. The van der Waals surface area contributed by atoms with Crippen LogP contribution in [0.2, 0.25) is 0 Å². The molecule has 0 N–H and O–H groups in total. The summed E-state index contributed by atoms with van der Waals surface area (Å²) in [5.41, 5.74) is -1.87. The minimum atomic E-state index is -6.59. The van der Waals surface area contributed by atoms with Crippen LogP contribution < -0.4 is 0 Å². The zero-order valence-electron chi connectivity index (χ0n) is 26.2. The van der Waals surface area contributed by atoms with Crippen LogP contribution in [0.1, 0.15) is 51.9 Å². The van der Waals surface area contributed by atoms with Crippen LogP contribution in [-0.2, 0) is 40.1 Å². The van der Waals surface area contributed by atoms with Gasteiger partial charge in [0.25, 0.3) is 0 Å². The first-order chi connectivity index (χ1) is 22.6. The van der Waals surface area contributed by atoms with Gasteiger partial charge in [-0.2, -0.15) is 17.6 Å². The molecule has 4 aliphatic rings. The number of benzene rings is 3. The Balaban J connectivity index is 0.000000204. The highest BCUT2D eigenvalue weighted by molar-refractivity contribution is 7.97. The quantitative estimate of drug-likeness (QED) is 0.0936. The Morgan fingerprint density at radius 3 is 1.65 bits per heavy atom. The van der Waals surface area contributed by atoms with Crippen molar-refractivity contribution in [3.63, 3.8) is 0 Å². The molecule has 13 heteroatoms. The normalized spacial score (nSPS) is 24.8. The molecular weight excluding hydrogens is 673 g/mol. The number of hydrogen-bond acceptors (Lipinski definition) is 7. The van der Waals surface area contributed by atoms with Gasteiger partial charge in [0.05, 0.1) is 29.3 Å². The van der Waals surface area contributed by atoms with E-state index in [1.54, 1.807) is 0 Å². The van der Waals surface area contributed by atoms with Gasteiger partial charge in [0.2, 0.25) is 0 Å². The van der Waals surface area contributed by atoms with E-state index < -0.39 is 57.3 Å². The molecule has 4 fully saturated rings. The molecule has 4 bridgehead atoms. The SMILES string of the molecule is CC(=O)OC12CC3CC(C1)CC(C(=O)OCCC(F)(F)C(F)(F)S(=O)(=O)[O-])(C3)C2.c1ccc([S+](c2ccccc2)c2ccccc2)cc1. The van der Waals surface area contributed by atoms with Crippen molar-refractivity contribution in [2.24, 2.45) is 17.3 Å². The van der Waals surface area contributed by atoms with Crippen LogP contribution in [-0.4, -0.2) is 48.3 Å². The third-order valence-corrected chi connectivity index (χ3v) is 12.3. The van der Waals surface area contributed by atoms with E-state index in [0.717, 1.165) is 6.42 Å². The fraction of sp³-hybridized carbons (Fsp3) is 0.429. The lowest BCUT2D eigenvalue weighted by Crippen LogP contribution is -2.60. The molecule has 4 saturated carbocycles. The molecule has 0 aliphatic heterocycles. The minimum absolute atomic E-state index is 0.0146. The van der Waals surface area contributed by atoms with Gasteiger partial charge in [-0.15, -0.1) is 0 Å². The molecule has 4 aliphatic carbocycles. The van der Waals surface area contributed by atoms with E-state index in [-0.39, 0.29) is 29.2 Å². The zero-order valence-corrected chi connectivity index (χ0v) is 27.8. The summed E-state index contributed by atoms with van der Waals surface area (Å²) in [5.74, 6) is -6.34. The Hall–Kier alpha value is -3.42. The molecule has 0 amide bonds. The van der Waals surface area contributed by atoms with Crippen molar-refractivity contribution < 1.29 is 49.6 Å². The van der Waals surface area contributed by atoms with Gasteiger partial charge in [0, 0.05) is 13.3 Å². The lowest BCUT2D eigenvalue weighted by molar-refractivity contribution is -0.214. The van der Waals surface area contributed by atoms with E-state index in [9.17, 15) is 40.1 Å². The molecule has 2 atom stereocenters. The van der Waals surface area contributed by atoms with E-state index >= 15 is 0 Å². The summed E-state index contributed by atoms with van der Waals surface area (Å²) in [5, 5.41) is -5.81. The number of halogens is 4. The summed E-state index contributed by atoms with van der Waals surface area (Å²) < 4.78 is 95.0. The first kappa shape index (κ1) is 35.9. The number of hydrogen-bond donors (Lipinski definition) is 0. The van der Waals surface area contributed by atoms with Crippen molar-refractivity contribution in [3.05, 3.63) is 91.0 Å². The average Bonchev–Trinajstić information content (AvgIpc) is 3.01. The van der Waals surface area contributed by atoms with Crippen molar-refractivity contribution in [1.29, 1.82) is 0 Å². The summed E-state index contributed by atoms with van der Waals surface area (Å²) in [7, 11) is -6.60. The largest absolute Gasteiger partial charge is 0.743 e. The van der Waals surface area contributed by atoms with Crippen molar-refractivity contribution in [1.82, 2.24) is 0 Å². The molecule has 7 rings (SSSR count). The molecule has 7 nitrogen and oxygen atoms in total. The maximum Gasteiger partial charge on any atom is 0.396 e. The molecule has 0 spiro atoms. The van der Waals surface area contributed by atoms with Crippen molar-refractivity contribution in [3.8, 4) is 0 Å². The number of ether oxygens (including phenoxy) is 2. The minimum Gasteiger partial charge on any atom is -0.743 e. The molecule has 48 heavy (non-hydrogen) atoms.